The number of fused-ring (bicyclic) bond motifs is 1. The van der Waals surface area contributed by atoms with Crippen LogP contribution in [-0.4, -0.2) is 34.2 Å². The van der Waals surface area contributed by atoms with E-state index >= 15 is 0 Å². The molecule has 0 saturated carbocycles. The van der Waals surface area contributed by atoms with Gasteiger partial charge in [0, 0.05) is 16.9 Å². The van der Waals surface area contributed by atoms with Gasteiger partial charge in [-0.3, -0.25) is 14.2 Å². The van der Waals surface area contributed by atoms with Crippen LogP contribution in [0.2, 0.25) is 0 Å². The van der Waals surface area contributed by atoms with Crippen LogP contribution in [0.25, 0.3) is 16.7 Å². The predicted octanol–water partition coefficient (Wildman–Crippen LogP) is 6.02. The van der Waals surface area contributed by atoms with Crippen molar-refractivity contribution in [2.24, 2.45) is 0 Å². The normalized spacial score (nSPS) is 10.7. The third-order valence-electron chi connectivity index (χ3n) is 5.66. The number of ether oxygens (including phenoxy) is 1. The van der Waals surface area contributed by atoms with Crippen LogP contribution in [0.3, 0.4) is 0 Å². The van der Waals surface area contributed by atoms with Gasteiger partial charge in [0.25, 0.3) is 5.91 Å². The number of rotatable bonds is 8. The standard InChI is InChI=1S/C29H24N4O3S/c1-36-26-14-8-6-12-24(26)31-28(35)20-15-17-21(18-16-20)30-27(34)19-37-29-32-23-11-5-7-13-25(23)33(29)22-9-3-2-4-10-22/h2-18H,19H2,1H3,(H,30,34)(H,31,35). The number of hydrogen-bond donors (Lipinski definition) is 2. The van der Waals surface area contributed by atoms with Crippen LogP contribution in [0.1, 0.15) is 10.4 Å². The summed E-state index contributed by atoms with van der Waals surface area (Å²) < 4.78 is 7.34. The van der Waals surface area contributed by atoms with E-state index in [1.165, 1.54) is 11.8 Å². The van der Waals surface area contributed by atoms with Crippen LogP contribution in [0.4, 0.5) is 11.4 Å². The zero-order valence-corrected chi connectivity index (χ0v) is 20.9. The molecule has 2 amide bonds. The lowest BCUT2D eigenvalue weighted by molar-refractivity contribution is -0.113. The van der Waals surface area contributed by atoms with Gasteiger partial charge in [-0.2, -0.15) is 0 Å². The Morgan fingerprint density at radius 1 is 0.838 bits per heavy atom. The van der Waals surface area contributed by atoms with Gasteiger partial charge in [-0.25, -0.2) is 4.98 Å². The largest absolute Gasteiger partial charge is 0.495 e. The first-order valence-electron chi connectivity index (χ1n) is 11.6. The minimum Gasteiger partial charge on any atom is -0.495 e. The van der Waals surface area contributed by atoms with Crippen LogP contribution >= 0.6 is 11.8 Å². The summed E-state index contributed by atoms with van der Waals surface area (Å²) in [7, 11) is 1.55. The van der Waals surface area contributed by atoms with E-state index in [0.29, 0.717) is 22.7 Å². The van der Waals surface area contributed by atoms with E-state index in [2.05, 4.69) is 15.2 Å². The number of anilines is 2. The van der Waals surface area contributed by atoms with E-state index in [9.17, 15) is 9.59 Å². The van der Waals surface area contributed by atoms with E-state index in [1.54, 1.807) is 43.5 Å². The third-order valence-corrected chi connectivity index (χ3v) is 6.60. The lowest BCUT2D eigenvalue weighted by atomic mass is 10.2. The molecule has 0 saturated heterocycles. The molecule has 37 heavy (non-hydrogen) atoms. The van der Waals surface area contributed by atoms with E-state index < -0.39 is 0 Å². The number of aromatic nitrogens is 2. The zero-order chi connectivity index (χ0) is 25.6. The van der Waals surface area contributed by atoms with Gasteiger partial charge in [-0.05, 0) is 60.7 Å². The van der Waals surface area contributed by atoms with Gasteiger partial charge in [-0.15, -0.1) is 0 Å². The summed E-state index contributed by atoms with van der Waals surface area (Å²) in [6, 6.07) is 31.8. The number of imidazole rings is 1. The molecule has 0 radical (unpaired) electrons. The summed E-state index contributed by atoms with van der Waals surface area (Å²) in [6.07, 6.45) is 0. The van der Waals surface area contributed by atoms with Gasteiger partial charge < -0.3 is 15.4 Å². The number of hydrogen-bond acceptors (Lipinski definition) is 5. The second-order valence-electron chi connectivity index (χ2n) is 8.12. The number of benzene rings is 4. The highest BCUT2D eigenvalue weighted by atomic mass is 32.2. The maximum atomic E-state index is 12.7. The predicted molar refractivity (Wildman–Crippen MR) is 148 cm³/mol. The van der Waals surface area contributed by atoms with Crippen molar-refractivity contribution < 1.29 is 14.3 Å². The van der Waals surface area contributed by atoms with Crippen molar-refractivity contribution in [2.75, 3.05) is 23.5 Å². The molecule has 0 bridgehead atoms. The summed E-state index contributed by atoms with van der Waals surface area (Å²) in [5, 5.41) is 6.47. The molecule has 4 aromatic carbocycles. The molecule has 0 aliphatic heterocycles. The summed E-state index contributed by atoms with van der Waals surface area (Å²) in [4.78, 5) is 30.1. The Labute approximate surface area is 218 Å². The molecule has 7 nitrogen and oxygen atoms in total. The lowest BCUT2D eigenvalue weighted by Gasteiger charge is -2.11. The number of nitrogens with one attached hydrogen (secondary N) is 2. The fourth-order valence-electron chi connectivity index (χ4n) is 3.90. The minimum atomic E-state index is -0.266. The van der Waals surface area contributed by atoms with Crippen LogP contribution in [0, 0.1) is 0 Å². The maximum absolute atomic E-state index is 12.7. The fourth-order valence-corrected chi connectivity index (χ4v) is 4.73. The number of para-hydroxylation sites is 5. The second kappa shape index (κ2) is 11.0. The fraction of sp³-hybridized carbons (Fsp3) is 0.0690. The van der Waals surface area contributed by atoms with Crippen LogP contribution in [0.15, 0.2) is 108 Å². The molecule has 184 valence electrons. The lowest BCUT2D eigenvalue weighted by Crippen LogP contribution is -2.15. The number of methoxy groups -OCH3 is 1. The number of amides is 2. The van der Waals surface area contributed by atoms with Gasteiger partial charge in [0.15, 0.2) is 5.16 Å². The summed E-state index contributed by atoms with van der Waals surface area (Å²) in [5.74, 6) is 0.338. The topological polar surface area (TPSA) is 85.2 Å². The Kier molecular flexibility index (Phi) is 7.19. The van der Waals surface area contributed by atoms with Crippen LogP contribution in [0.5, 0.6) is 5.75 Å². The van der Waals surface area contributed by atoms with Crippen LogP contribution < -0.4 is 15.4 Å². The average molecular weight is 509 g/mol. The monoisotopic (exact) mass is 508 g/mol. The second-order valence-corrected chi connectivity index (χ2v) is 9.07. The van der Waals surface area contributed by atoms with E-state index in [1.807, 2.05) is 66.7 Å². The van der Waals surface area contributed by atoms with Gasteiger partial charge in [0.1, 0.15) is 5.75 Å². The van der Waals surface area contributed by atoms with Crippen molar-refractivity contribution in [3.8, 4) is 11.4 Å². The Balaban J connectivity index is 1.24. The van der Waals surface area contributed by atoms with Crippen molar-refractivity contribution >= 4 is 46.0 Å². The molecule has 8 heteroatoms. The molecule has 2 N–H and O–H groups in total. The van der Waals surface area contributed by atoms with E-state index in [-0.39, 0.29) is 17.6 Å². The molecule has 0 spiro atoms. The van der Waals surface area contributed by atoms with Crippen molar-refractivity contribution in [1.29, 1.82) is 0 Å². The number of carbonyl (C=O) groups excluding carboxylic acids is 2. The van der Waals surface area contributed by atoms with Gasteiger partial charge in [-0.1, -0.05) is 54.2 Å². The Hall–Kier alpha value is -4.56. The number of carbonyl (C=O) groups is 2. The van der Waals surface area contributed by atoms with Gasteiger partial charge >= 0.3 is 0 Å². The first-order chi connectivity index (χ1) is 18.1. The molecular formula is C29H24N4O3S. The molecule has 5 aromatic rings. The quantitative estimate of drug-likeness (QED) is 0.251. The molecule has 1 heterocycles. The Bertz CT molecular complexity index is 1550. The van der Waals surface area contributed by atoms with E-state index in [4.69, 9.17) is 9.72 Å². The summed E-state index contributed by atoms with van der Waals surface area (Å²) >= 11 is 1.37. The molecule has 5 rings (SSSR count). The van der Waals surface area contributed by atoms with Gasteiger partial charge in [0.2, 0.25) is 5.91 Å². The van der Waals surface area contributed by atoms with Crippen molar-refractivity contribution in [1.82, 2.24) is 9.55 Å². The number of thioether (sulfide) groups is 1. The molecule has 0 unspecified atom stereocenters. The van der Waals surface area contributed by atoms with Crippen molar-refractivity contribution in [3.05, 3.63) is 109 Å². The molecule has 0 aliphatic carbocycles. The minimum absolute atomic E-state index is 0.164. The first kappa shape index (κ1) is 24.1. The summed E-state index contributed by atoms with van der Waals surface area (Å²) in [5.41, 5.74) is 4.51. The molecule has 0 atom stereocenters. The van der Waals surface area contributed by atoms with Crippen molar-refractivity contribution in [2.45, 2.75) is 5.16 Å². The van der Waals surface area contributed by atoms with Gasteiger partial charge in [0.05, 0.1) is 29.6 Å². The molecule has 0 fully saturated rings. The summed E-state index contributed by atoms with van der Waals surface area (Å²) in [6.45, 7) is 0. The molecule has 0 aliphatic rings. The molecular weight excluding hydrogens is 484 g/mol. The maximum Gasteiger partial charge on any atom is 0.255 e. The number of nitrogens with zero attached hydrogens (tertiary/aromatic N) is 2. The highest BCUT2D eigenvalue weighted by Gasteiger charge is 2.15. The van der Waals surface area contributed by atoms with Crippen molar-refractivity contribution in [3.63, 3.8) is 0 Å². The third kappa shape index (κ3) is 5.49. The highest BCUT2D eigenvalue weighted by molar-refractivity contribution is 7.99. The SMILES string of the molecule is COc1ccccc1NC(=O)c1ccc(NC(=O)CSc2nc3ccccc3n2-c2ccccc2)cc1. The molecule has 1 aromatic heterocycles. The van der Waals surface area contributed by atoms with Crippen LogP contribution in [-0.2, 0) is 4.79 Å². The zero-order valence-electron chi connectivity index (χ0n) is 20.0. The van der Waals surface area contributed by atoms with E-state index in [0.717, 1.165) is 21.9 Å². The average Bonchev–Trinajstić information content (AvgIpc) is 3.31. The first-order valence-corrected chi connectivity index (χ1v) is 12.6. The smallest absolute Gasteiger partial charge is 0.255 e. The Morgan fingerprint density at radius 3 is 2.32 bits per heavy atom. The Morgan fingerprint density at radius 2 is 1.54 bits per heavy atom. The highest BCUT2D eigenvalue weighted by Crippen LogP contribution is 2.28.